The van der Waals surface area contributed by atoms with Gasteiger partial charge in [-0.05, 0) is 30.3 Å². The predicted octanol–water partition coefficient (Wildman–Crippen LogP) is 3.70. The molecule has 1 fully saturated rings. The zero-order valence-corrected chi connectivity index (χ0v) is 16.6. The van der Waals surface area contributed by atoms with Gasteiger partial charge in [-0.2, -0.15) is 0 Å². The Morgan fingerprint density at radius 3 is 2.00 bits per heavy atom. The van der Waals surface area contributed by atoms with Crippen molar-refractivity contribution in [1.82, 2.24) is 0 Å². The molecule has 0 saturated carbocycles. The van der Waals surface area contributed by atoms with Crippen LogP contribution < -0.4 is 15.1 Å². The summed E-state index contributed by atoms with van der Waals surface area (Å²) in [5.74, 6) is -1.26. The van der Waals surface area contributed by atoms with Crippen molar-refractivity contribution in [1.29, 1.82) is 0 Å². The summed E-state index contributed by atoms with van der Waals surface area (Å²) < 4.78 is 0. The van der Waals surface area contributed by atoms with Gasteiger partial charge in [0.15, 0.2) is 0 Å². The highest BCUT2D eigenvalue weighted by atomic mass is 16.4. The van der Waals surface area contributed by atoms with Gasteiger partial charge in [0.05, 0.1) is 11.3 Å². The number of hydrogen-bond donors (Lipinski definition) is 2. The van der Waals surface area contributed by atoms with Gasteiger partial charge in [-0.3, -0.25) is 4.79 Å². The summed E-state index contributed by atoms with van der Waals surface area (Å²) in [6.07, 6.45) is 0. The summed E-state index contributed by atoms with van der Waals surface area (Å²) in [6.45, 7) is 8.74. The van der Waals surface area contributed by atoms with Gasteiger partial charge >= 0.3 is 5.97 Å². The summed E-state index contributed by atoms with van der Waals surface area (Å²) in [7, 11) is 0. The van der Waals surface area contributed by atoms with Crippen LogP contribution in [0.2, 0.25) is 0 Å². The van der Waals surface area contributed by atoms with E-state index >= 15 is 0 Å². The van der Waals surface area contributed by atoms with Crippen molar-refractivity contribution in [3.63, 3.8) is 0 Å². The maximum Gasteiger partial charge on any atom is 0.337 e. The van der Waals surface area contributed by atoms with Gasteiger partial charge in [0.1, 0.15) is 0 Å². The molecule has 1 aliphatic rings. The third kappa shape index (κ3) is 4.44. The Morgan fingerprint density at radius 2 is 1.46 bits per heavy atom. The molecule has 1 aliphatic heterocycles. The maximum atomic E-state index is 12.2. The maximum absolute atomic E-state index is 12.2. The highest BCUT2D eigenvalue weighted by molar-refractivity contribution is 6.02. The second-order valence-electron chi connectivity index (χ2n) is 8.05. The van der Waals surface area contributed by atoms with E-state index in [-0.39, 0.29) is 11.5 Å². The first kappa shape index (κ1) is 19.7. The van der Waals surface area contributed by atoms with E-state index in [1.165, 1.54) is 5.69 Å². The summed E-state index contributed by atoms with van der Waals surface area (Å²) in [6, 6.07) is 15.5. The van der Waals surface area contributed by atoms with Crippen molar-refractivity contribution < 1.29 is 14.7 Å². The second kappa shape index (κ2) is 7.92. The van der Waals surface area contributed by atoms with Crippen molar-refractivity contribution >= 4 is 28.9 Å². The minimum absolute atomic E-state index is 0.112. The number of nitrogens with zero attached hydrogens (tertiary/aromatic N) is 2. The standard InChI is InChI=1S/C22H27N3O3/c1-22(2,3)21(28)23-19-10-9-17(15-18(19)20(26)27)25-13-11-24(12-14-25)16-7-5-4-6-8-16/h4-10,15H,11-14H2,1-3H3,(H,23,28)(H,26,27). The molecule has 0 radical (unpaired) electrons. The summed E-state index contributed by atoms with van der Waals surface area (Å²) in [5.41, 5.74) is 1.91. The molecule has 0 atom stereocenters. The van der Waals surface area contributed by atoms with Gasteiger partial charge in [0.2, 0.25) is 5.91 Å². The lowest BCUT2D eigenvalue weighted by Gasteiger charge is -2.37. The van der Waals surface area contributed by atoms with E-state index < -0.39 is 11.4 Å². The molecule has 0 spiro atoms. The van der Waals surface area contributed by atoms with Gasteiger partial charge < -0.3 is 20.2 Å². The van der Waals surface area contributed by atoms with Crippen LogP contribution in [0.5, 0.6) is 0 Å². The molecule has 28 heavy (non-hydrogen) atoms. The molecule has 3 rings (SSSR count). The van der Waals surface area contributed by atoms with Crippen molar-refractivity contribution in [2.45, 2.75) is 20.8 Å². The number of hydrogen-bond acceptors (Lipinski definition) is 4. The third-order valence-corrected chi connectivity index (χ3v) is 4.93. The van der Waals surface area contributed by atoms with E-state index in [9.17, 15) is 14.7 Å². The SMILES string of the molecule is CC(C)(C)C(=O)Nc1ccc(N2CCN(c3ccccc3)CC2)cc1C(=O)O. The van der Waals surface area contributed by atoms with E-state index in [1.807, 2.05) is 24.3 Å². The number of benzene rings is 2. The van der Waals surface area contributed by atoms with E-state index in [2.05, 4.69) is 27.2 Å². The number of carboxylic acid groups (broad SMARTS) is 1. The third-order valence-electron chi connectivity index (χ3n) is 4.93. The molecule has 2 aromatic rings. The summed E-state index contributed by atoms with van der Waals surface area (Å²) >= 11 is 0. The molecule has 148 valence electrons. The van der Waals surface area contributed by atoms with Crippen LogP contribution >= 0.6 is 0 Å². The van der Waals surface area contributed by atoms with Crippen molar-refractivity contribution in [3.8, 4) is 0 Å². The lowest BCUT2D eigenvalue weighted by Crippen LogP contribution is -2.46. The molecular weight excluding hydrogens is 354 g/mol. The highest BCUT2D eigenvalue weighted by Gasteiger charge is 2.24. The number of carbonyl (C=O) groups is 2. The number of carbonyl (C=O) groups excluding carboxylic acids is 1. The minimum Gasteiger partial charge on any atom is -0.478 e. The number of carboxylic acids is 1. The van der Waals surface area contributed by atoms with Crippen LogP contribution in [-0.4, -0.2) is 43.2 Å². The van der Waals surface area contributed by atoms with Crippen LogP contribution in [-0.2, 0) is 4.79 Å². The number of anilines is 3. The molecule has 6 heteroatoms. The molecule has 0 aromatic heterocycles. The monoisotopic (exact) mass is 381 g/mol. The number of aromatic carboxylic acids is 1. The first-order chi connectivity index (χ1) is 13.3. The molecule has 1 saturated heterocycles. The zero-order valence-electron chi connectivity index (χ0n) is 16.6. The number of piperazine rings is 1. The lowest BCUT2D eigenvalue weighted by molar-refractivity contribution is -0.123. The average Bonchev–Trinajstić information content (AvgIpc) is 2.68. The molecule has 0 unspecified atom stereocenters. The van der Waals surface area contributed by atoms with Gasteiger partial charge in [0.25, 0.3) is 0 Å². The Hall–Kier alpha value is -3.02. The average molecular weight is 381 g/mol. The Bertz CT molecular complexity index is 851. The van der Waals surface area contributed by atoms with Crippen molar-refractivity contribution in [3.05, 3.63) is 54.1 Å². The van der Waals surface area contributed by atoms with Crippen molar-refractivity contribution in [2.24, 2.45) is 5.41 Å². The van der Waals surface area contributed by atoms with Gasteiger partial charge in [0, 0.05) is 43.0 Å². The molecule has 2 aromatic carbocycles. The smallest absolute Gasteiger partial charge is 0.337 e. The van der Waals surface area contributed by atoms with Crippen molar-refractivity contribution in [2.75, 3.05) is 41.3 Å². The number of amides is 1. The number of rotatable bonds is 4. The van der Waals surface area contributed by atoms with Gasteiger partial charge in [-0.25, -0.2) is 4.79 Å². The number of para-hydroxylation sites is 1. The van der Waals surface area contributed by atoms with E-state index in [0.717, 1.165) is 31.9 Å². The largest absolute Gasteiger partial charge is 0.478 e. The van der Waals surface area contributed by atoms with E-state index in [4.69, 9.17) is 0 Å². The fourth-order valence-corrected chi connectivity index (χ4v) is 3.19. The lowest BCUT2D eigenvalue weighted by atomic mass is 9.95. The van der Waals surface area contributed by atoms with Crippen LogP contribution in [0.4, 0.5) is 17.1 Å². The Balaban J connectivity index is 1.74. The van der Waals surface area contributed by atoms with Crippen LogP contribution in [0.3, 0.4) is 0 Å². The first-order valence-corrected chi connectivity index (χ1v) is 9.49. The molecule has 0 bridgehead atoms. The normalized spacial score (nSPS) is 14.7. The molecule has 6 nitrogen and oxygen atoms in total. The zero-order chi connectivity index (χ0) is 20.3. The van der Waals surface area contributed by atoms with Crippen LogP contribution in [0.15, 0.2) is 48.5 Å². The predicted molar refractivity (Wildman–Crippen MR) is 112 cm³/mol. The van der Waals surface area contributed by atoms with Crippen LogP contribution in [0, 0.1) is 5.41 Å². The Morgan fingerprint density at radius 1 is 0.893 bits per heavy atom. The topological polar surface area (TPSA) is 72.9 Å². The van der Waals surface area contributed by atoms with E-state index in [0.29, 0.717) is 5.69 Å². The fraction of sp³-hybridized carbons (Fsp3) is 0.364. The molecule has 1 heterocycles. The quantitative estimate of drug-likeness (QED) is 0.845. The highest BCUT2D eigenvalue weighted by Crippen LogP contribution is 2.27. The summed E-state index contributed by atoms with van der Waals surface area (Å²) in [4.78, 5) is 28.5. The second-order valence-corrected chi connectivity index (χ2v) is 8.05. The molecule has 0 aliphatic carbocycles. The molecular formula is C22H27N3O3. The molecule has 1 amide bonds. The first-order valence-electron chi connectivity index (χ1n) is 9.49. The van der Waals surface area contributed by atoms with Crippen LogP contribution in [0.1, 0.15) is 31.1 Å². The molecule has 2 N–H and O–H groups in total. The van der Waals surface area contributed by atoms with Crippen LogP contribution in [0.25, 0.3) is 0 Å². The van der Waals surface area contributed by atoms with E-state index in [1.54, 1.807) is 32.9 Å². The Kier molecular flexibility index (Phi) is 5.58. The van der Waals surface area contributed by atoms with Gasteiger partial charge in [-0.15, -0.1) is 0 Å². The summed E-state index contributed by atoms with van der Waals surface area (Å²) in [5, 5.41) is 12.4. The Labute approximate surface area is 165 Å². The fourth-order valence-electron chi connectivity index (χ4n) is 3.19. The van der Waals surface area contributed by atoms with Gasteiger partial charge in [-0.1, -0.05) is 39.0 Å². The minimum atomic E-state index is -1.05. The number of nitrogens with one attached hydrogen (secondary N) is 1.